The Kier molecular flexibility index (Phi) is 2.50. The lowest BCUT2D eigenvalue weighted by Crippen LogP contribution is -2.34. The average molecular weight is 256 g/mol. The Morgan fingerprint density at radius 3 is 2.47 bits per heavy atom. The standard InChI is InChI=1S/C10H13N2O4P/c1-3-8-5-6-9(4-2)10(7-8)11-12-15-17(13,14-11)16-12/h5-7H,3-4H2,1-2H3. The van der Waals surface area contributed by atoms with Gasteiger partial charge in [0.05, 0.1) is 11.0 Å². The maximum Gasteiger partial charge on any atom is 0.538 e. The zero-order valence-corrected chi connectivity index (χ0v) is 10.5. The van der Waals surface area contributed by atoms with Crippen molar-refractivity contribution in [3.8, 4) is 0 Å². The van der Waals surface area contributed by atoms with Crippen molar-refractivity contribution in [3.63, 3.8) is 0 Å². The summed E-state index contributed by atoms with van der Waals surface area (Å²) in [7, 11) is -3.32. The van der Waals surface area contributed by atoms with Crippen LogP contribution in [0.4, 0.5) is 5.69 Å². The van der Waals surface area contributed by atoms with E-state index < -0.39 is 7.82 Å². The molecular formula is C10H13N2O4P. The van der Waals surface area contributed by atoms with Crippen LogP contribution in [0.25, 0.3) is 0 Å². The van der Waals surface area contributed by atoms with Crippen molar-refractivity contribution in [1.29, 1.82) is 0 Å². The molecule has 1 aromatic rings. The molecule has 7 heteroatoms. The molecule has 0 amide bonds. The van der Waals surface area contributed by atoms with Crippen molar-refractivity contribution < 1.29 is 18.4 Å². The summed E-state index contributed by atoms with van der Waals surface area (Å²) < 4.78 is 26.3. The molecule has 92 valence electrons. The lowest BCUT2D eigenvalue weighted by atomic mass is 10.1. The number of nitrogens with zero attached hydrogens (tertiary/aromatic N) is 2. The summed E-state index contributed by atoms with van der Waals surface area (Å²) in [5.41, 5.74) is 3.06. The molecule has 0 atom stereocenters. The van der Waals surface area contributed by atoms with Crippen LogP contribution in [-0.4, -0.2) is 5.34 Å². The van der Waals surface area contributed by atoms with Gasteiger partial charge in [0.15, 0.2) is 0 Å². The quantitative estimate of drug-likeness (QED) is 0.775. The molecule has 3 aliphatic heterocycles. The number of anilines is 1. The summed E-state index contributed by atoms with van der Waals surface area (Å²) in [6, 6.07) is 6.09. The molecule has 0 aromatic heterocycles. The molecule has 4 rings (SSSR count). The normalized spacial score (nSPS) is 30.5. The molecule has 0 radical (unpaired) electrons. The fraction of sp³-hybridized carbons (Fsp3) is 0.400. The summed E-state index contributed by atoms with van der Waals surface area (Å²) in [5.74, 6) is 0. The van der Waals surface area contributed by atoms with Crippen LogP contribution in [0.2, 0.25) is 0 Å². The molecule has 3 aliphatic rings. The molecule has 2 bridgehead atoms. The van der Waals surface area contributed by atoms with Crippen LogP contribution in [-0.2, 0) is 31.3 Å². The first kappa shape index (κ1) is 11.2. The Hall–Kier alpha value is -0.910. The van der Waals surface area contributed by atoms with Crippen molar-refractivity contribution >= 4 is 13.5 Å². The predicted molar refractivity (Wildman–Crippen MR) is 60.4 cm³/mol. The fourth-order valence-corrected chi connectivity index (χ4v) is 2.72. The number of aryl methyl sites for hydroxylation is 2. The van der Waals surface area contributed by atoms with Crippen LogP contribution < -0.4 is 5.17 Å². The average Bonchev–Trinajstić information content (AvgIpc) is 2.81. The minimum absolute atomic E-state index is 0.807. The Morgan fingerprint density at radius 2 is 1.94 bits per heavy atom. The van der Waals surface area contributed by atoms with Crippen LogP contribution in [0.1, 0.15) is 25.0 Å². The molecule has 6 nitrogen and oxygen atoms in total. The third kappa shape index (κ3) is 1.69. The molecule has 0 unspecified atom stereocenters. The number of fused-ring (bicyclic) bond motifs is 1. The van der Waals surface area contributed by atoms with Gasteiger partial charge in [0.1, 0.15) is 0 Å². The Balaban J connectivity index is 1.98. The van der Waals surface area contributed by atoms with E-state index >= 15 is 0 Å². The maximum absolute atomic E-state index is 11.5. The Morgan fingerprint density at radius 1 is 1.18 bits per heavy atom. The maximum atomic E-state index is 11.5. The number of hydrazine groups is 1. The van der Waals surface area contributed by atoms with E-state index in [0.717, 1.165) is 29.4 Å². The molecule has 0 spiro atoms. The lowest BCUT2D eigenvalue weighted by Gasteiger charge is -2.23. The third-order valence-corrected chi connectivity index (χ3v) is 3.84. The van der Waals surface area contributed by atoms with E-state index in [2.05, 4.69) is 13.0 Å². The minimum Gasteiger partial charge on any atom is -0.222 e. The highest BCUT2D eigenvalue weighted by molar-refractivity contribution is 7.49. The van der Waals surface area contributed by atoms with Gasteiger partial charge in [0, 0.05) is 0 Å². The fourth-order valence-electron chi connectivity index (χ4n) is 1.84. The zero-order chi connectivity index (χ0) is 12.0. The second kappa shape index (κ2) is 3.80. The van der Waals surface area contributed by atoms with Crippen LogP contribution in [0.5, 0.6) is 0 Å². The molecule has 17 heavy (non-hydrogen) atoms. The first-order valence-corrected chi connectivity index (χ1v) is 7.02. The summed E-state index contributed by atoms with van der Waals surface area (Å²) in [6.45, 7) is 4.12. The van der Waals surface area contributed by atoms with Gasteiger partial charge >= 0.3 is 7.82 Å². The van der Waals surface area contributed by atoms with Crippen LogP contribution in [0.15, 0.2) is 18.2 Å². The van der Waals surface area contributed by atoms with Gasteiger partial charge < -0.3 is 0 Å². The third-order valence-electron chi connectivity index (χ3n) is 2.81. The molecule has 3 fully saturated rings. The number of phosphoric acid groups is 1. The first-order chi connectivity index (χ1) is 8.15. The van der Waals surface area contributed by atoms with E-state index in [1.54, 1.807) is 0 Å². The van der Waals surface area contributed by atoms with Gasteiger partial charge in [-0.05, 0) is 30.0 Å². The zero-order valence-electron chi connectivity index (χ0n) is 9.62. The van der Waals surface area contributed by atoms with Crippen LogP contribution >= 0.6 is 7.82 Å². The molecule has 0 N–H and O–H groups in total. The molecule has 3 saturated heterocycles. The summed E-state index contributed by atoms with van der Waals surface area (Å²) in [6.07, 6.45) is 1.77. The molecule has 0 saturated carbocycles. The Bertz CT molecular complexity index is 497. The topological polar surface area (TPSA) is 51.2 Å². The summed E-state index contributed by atoms with van der Waals surface area (Å²) >= 11 is 0. The number of benzene rings is 1. The van der Waals surface area contributed by atoms with Gasteiger partial charge in [0.2, 0.25) is 0 Å². The number of hydrogen-bond acceptors (Lipinski definition) is 6. The summed E-state index contributed by atoms with van der Waals surface area (Å²) in [4.78, 5) is 0. The van der Waals surface area contributed by atoms with E-state index in [0.29, 0.717) is 0 Å². The van der Waals surface area contributed by atoms with Crippen molar-refractivity contribution in [2.75, 3.05) is 5.17 Å². The van der Waals surface area contributed by atoms with Gasteiger partial charge in [-0.25, -0.2) is 4.57 Å². The largest absolute Gasteiger partial charge is 0.538 e. The Labute approximate surface area is 99.1 Å². The smallest absolute Gasteiger partial charge is 0.222 e. The van der Waals surface area contributed by atoms with Crippen molar-refractivity contribution in [2.45, 2.75) is 26.7 Å². The van der Waals surface area contributed by atoms with Gasteiger partial charge in [0.25, 0.3) is 0 Å². The summed E-state index contributed by atoms with van der Waals surface area (Å²) in [5, 5.41) is 2.31. The number of rotatable bonds is 3. The van der Waals surface area contributed by atoms with E-state index in [9.17, 15) is 4.57 Å². The van der Waals surface area contributed by atoms with Crippen molar-refractivity contribution in [2.24, 2.45) is 0 Å². The molecule has 0 aliphatic carbocycles. The minimum atomic E-state index is -3.32. The monoisotopic (exact) mass is 256 g/mol. The number of hydrogen-bond donors (Lipinski definition) is 0. The van der Waals surface area contributed by atoms with E-state index in [1.165, 1.54) is 10.7 Å². The van der Waals surface area contributed by atoms with Gasteiger partial charge in [-0.2, -0.15) is 0 Å². The van der Waals surface area contributed by atoms with E-state index in [-0.39, 0.29) is 0 Å². The highest BCUT2D eigenvalue weighted by Crippen LogP contribution is 2.67. The SMILES string of the molecule is CCc1ccc(CC)c(N2OP3(=O)ON2O3)c1. The van der Waals surface area contributed by atoms with E-state index in [4.69, 9.17) is 13.9 Å². The van der Waals surface area contributed by atoms with Crippen molar-refractivity contribution in [3.05, 3.63) is 29.3 Å². The van der Waals surface area contributed by atoms with Crippen molar-refractivity contribution in [1.82, 2.24) is 5.34 Å². The molecular weight excluding hydrogens is 243 g/mol. The van der Waals surface area contributed by atoms with Gasteiger partial charge in [-0.15, -0.1) is 19.0 Å². The second-order valence-corrected chi connectivity index (χ2v) is 5.26. The first-order valence-electron chi connectivity index (χ1n) is 5.56. The van der Waals surface area contributed by atoms with Gasteiger partial charge in [-0.1, -0.05) is 26.0 Å². The van der Waals surface area contributed by atoms with Gasteiger partial charge in [-0.3, -0.25) is 0 Å². The predicted octanol–water partition coefficient (Wildman–Crippen LogP) is 2.76. The molecule has 3 heterocycles. The lowest BCUT2D eigenvalue weighted by molar-refractivity contribution is -0.318. The van der Waals surface area contributed by atoms with Crippen LogP contribution in [0, 0.1) is 0 Å². The highest BCUT2D eigenvalue weighted by atomic mass is 31.2. The molecule has 1 aromatic carbocycles. The highest BCUT2D eigenvalue weighted by Gasteiger charge is 2.60. The van der Waals surface area contributed by atoms with Crippen LogP contribution in [0.3, 0.4) is 0 Å². The van der Waals surface area contributed by atoms with E-state index in [1.807, 2.05) is 19.1 Å². The second-order valence-electron chi connectivity index (χ2n) is 3.87.